The summed E-state index contributed by atoms with van der Waals surface area (Å²) in [5.74, 6) is 1.55. The zero-order valence-corrected chi connectivity index (χ0v) is 14.1. The van der Waals surface area contributed by atoms with E-state index in [1.54, 1.807) is 22.9 Å². The molecule has 0 aliphatic carbocycles. The van der Waals surface area contributed by atoms with Gasteiger partial charge in [-0.05, 0) is 49.4 Å². The molecule has 0 fully saturated rings. The monoisotopic (exact) mass is 334 g/mol. The largest absolute Gasteiger partial charge is 0.486 e. The highest BCUT2D eigenvalue weighted by Crippen LogP contribution is 2.31. The van der Waals surface area contributed by atoms with Crippen molar-refractivity contribution in [3.63, 3.8) is 0 Å². The summed E-state index contributed by atoms with van der Waals surface area (Å²) in [5.41, 5.74) is 0.364. The van der Waals surface area contributed by atoms with E-state index in [1.807, 2.05) is 20.8 Å². The molecule has 2 aromatic rings. The number of carbonyl (C=O) groups excluding carboxylic acids is 1. The van der Waals surface area contributed by atoms with E-state index in [9.17, 15) is 4.79 Å². The van der Waals surface area contributed by atoms with Gasteiger partial charge in [0.2, 0.25) is 5.16 Å². The van der Waals surface area contributed by atoms with Crippen molar-refractivity contribution >= 4 is 17.5 Å². The topological polar surface area (TPSA) is 79.1 Å². The highest BCUT2D eigenvalue weighted by Gasteiger charge is 2.21. The second-order valence-corrected chi connectivity index (χ2v) is 7.06. The predicted molar refractivity (Wildman–Crippen MR) is 85.3 cm³/mol. The summed E-state index contributed by atoms with van der Waals surface area (Å²) in [4.78, 5) is 12.4. The van der Waals surface area contributed by atoms with Crippen LogP contribution in [-0.2, 0) is 5.54 Å². The van der Waals surface area contributed by atoms with Crippen LogP contribution in [-0.4, -0.2) is 45.0 Å². The maximum absolute atomic E-state index is 12.4. The summed E-state index contributed by atoms with van der Waals surface area (Å²) in [6.45, 7) is 7.06. The number of benzene rings is 1. The average Bonchev–Trinajstić information content (AvgIpc) is 3.01. The van der Waals surface area contributed by atoms with Gasteiger partial charge in [-0.2, -0.15) is 0 Å². The molecular formula is C15H18N4O3S. The molecule has 1 aliphatic heterocycles. The minimum Gasteiger partial charge on any atom is -0.486 e. The lowest BCUT2D eigenvalue weighted by molar-refractivity contribution is 0.102. The third-order valence-corrected chi connectivity index (χ3v) is 4.19. The molecule has 122 valence electrons. The molecule has 0 amide bonds. The Morgan fingerprint density at radius 1 is 1.26 bits per heavy atom. The third-order valence-electron chi connectivity index (χ3n) is 3.27. The van der Waals surface area contributed by atoms with Crippen LogP contribution < -0.4 is 9.47 Å². The van der Waals surface area contributed by atoms with Crippen LogP contribution in [0, 0.1) is 0 Å². The fourth-order valence-corrected chi connectivity index (χ4v) is 3.07. The lowest BCUT2D eigenvalue weighted by atomic mass is 10.1. The van der Waals surface area contributed by atoms with Crippen LogP contribution in [0.5, 0.6) is 11.5 Å². The number of Topliss-reactive ketones (excluding diaryl/α,β-unsaturated/α-hetero) is 1. The minimum absolute atomic E-state index is 0.00423. The van der Waals surface area contributed by atoms with Crippen molar-refractivity contribution < 1.29 is 14.3 Å². The molecule has 23 heavy (non-hydrogen) atoms. The molecule has 7 nitrogen and oxygen atoms in total. The first kappa shape index (κ1) is 15.8. The summed E-state index contributed by atoms with van der Waals surface area (Å²) in [6, 6.07) is 5.25. The van der Waals surface area contributed by atoms with Gasteiger partial charge in [0.15, 0.2) is 17.3 Å². The van der Waals surface area contributed by atoms with Gasteiger partial charge in [-0.25, -0.2) is 4.68 Å². The highest BCUT2D eigenvalue weighted by atomic mass is 32.2. The lowest BCUT2D eigenvalue weighted by Gasteiger charge is -2.19. The summed E-state index contributed by atoms with van der Waals surface area (Å²) in [6.07, 6.45) is 0. The van der Waals surface area contributed by atoms with Crippen molar-refractivity contribution in [2.24, 2.45) is 0 Å². The van der Waals surface area contributed by atoms with Crippen molar-refractivity contribution in [1.82, 2.24) is 20.2 Å². The Labute approximate surface area is 138 Å². The van der Waals surface area contributed by atoms with Crippen molar-refractivity contribution in [2.75, 3.05) is 19.0 Å². The zero-order chi connectivity index (χ0) is 16.4. The normalized spacial score (nSPS) is 13.9. The summed E-state index contributed by atoms with van der Waals surface area (Å²) >= 11 is 1.33. The fraction of sp³-hybridized carbons (Fsp3) is 0.467. The number of aromatic nitrogens is 4. The fourth-order valence-electron chi connectivity index (χ4n) is 2.12. The molecule has 0 N–H and O–H groups in total. The summed E-state index contributed by atoms with van der Waals surface area (Å²) < 4.78 is 12.7. The van der Waals surface area contributed by atoms with Gasteiger partial charge in [0.25, 0.3) is 0 Å². The Bertz CT molecular complexity index is 724. The first-order valence-corrected chi connectivity index (χ1v) is 8.28. The van der Waals surface area contributed by atoms with Gasteiger partial charge in [-0.1, -0.05) is 11.8 Å². The van der Waals surface area contributed by atoms with Gasteiger partial charge in [0.05, 0.1) is 11.3 Å². The minimum atomic E-state index is -0.230. The van der Waals surface area contributed by atoms with Gasteiger partial charge in [-0.3, -0.25) is 4.79 Å². The molecule has 0 saturated carbocycles. The Hall–Kier alpha value is -2.09. The number of hydrogen-bond donors (Lipinski definition) is 0. The second-order valence-electron chi connectivity index (χ2n) is 6.11. The smallest absolute Gasteiger partial charge is 0.210 e. The number of hydrogen-bond acceptors (Lipinski definition) is 7. The Morgan fingerprint density at radius 2 is 2.00 bits per heavy atom. The molecule has 2 heterocycles. The van der Waals surface area contributed by atoms with Crippen LogP contribution in [0.15, 0.2) is 23.4 Å². The van der Waals surface area contributed by atoms with Crippen molar-refractivity contribution in [3.05, 3.63) is 23.8 Å². The molecular weight excluding hydrogens is 316 g/mol. The van der Waals surface area contributed by atoms with E-state index >= 15 is 0 Å². The van der Waals surface area contributed by atoms with Gasteiger partial charge in [0, 0.05) is 5.56 Å². The Morgan fingerprint density at radius 3 is 2.74 bits per heavy atom. The van der Waals surface area contributed by atoms with E-state index in [0.29, 0.717) is 35.4 Å². The molecule has 0 radical (unpaired) electrons. The van der Waals surface area contributed by atoms with Crippen LogP contribution in [0.25, 0.3) is 0 Å². The molecule has 1 aromatic carbocycles. The van der Waals surface area contributed by atoms with E-state index in [1.165, 1.54) is 11.8 Å². The van der Waals surface area contributed by atoms with Crippen LogP contribution in [0.2, 0.25) is 0 Å². The third kappa shape index (κ3) is 3.47. The zero-order valence-electron chi connectivity index (χ0n) is 13.3. The Kier molecular flexibility index (Phi) is 4.25. The number of carbonyl (C=O) groups is 1. The highest BCUT2D eigenvalue weighted by molar-refractivity contribution is 7.99. The molecule has 0 atom stereocenters. The van der Waals surface area contributed by atoms with Crippen LogP contribution >= 0.6 is 11.8 Å². The number of thioether (sulfide) groups is 1. The number of fused-ring (bicyclic) bond motifs is 1. The number of ether oxygens (including phenoxy) is 2. The molecule has 3 rings (SSSR count). The first-order chi connectivity index (χ1) is 10.9. The van der Waals surface area contributed by atoms with Gasteiger partial charge < -0.3 is 9.47 Å². The van der Waals surface area contributed by atoms with Crippen molar-refractivity contribution in [2.45, 2.75) is 31.5 Å². The summed E-state index contributed by atoms with van der Waals surface area (Å²) in [5, 5.41) is 12.3. The summed E-state index contributed by atoms with van der Waals surface area (Å²) in [7, 11) is 0. The van der Waals surface area contributed by atoms with Gasteiger partial charge >= 0.3 is 0 Å². The van der Waals surface area contributed by atoms with E-state index in [-0.39, 0.29) is 17.1 Å². The lowest BCUT2D eigenvalue weighted by Crippen LogP contribution is -2.24. The first-order valence-electron chi connectivity index (χ1n) is 7.29. The standard InChI is InChI=1S/C15H18N4O3S/c1-15(2,3)19-14(16-17-18-19)23-9-11(20)10-4-5-12-13(8-10)22-7-6-21-12/h4-5,8H,6-7,9H2,1-3H3. The van der Waals surface area contributed by atoms with E-state index < -0.39 is 0 Å². The number of tetrazole rings is 1. The van der Waals surface area contributed by atoms with Crippen LogP contribution in [0.4, 0.5) is 0 Å². The number of nitrogens with zero attached hydrogens (tertiary/aromatic N) is 4. The average molecular weight is 334 g/mol. The maximum atomic E-state index is 12.4. The van der Waals surface area contributed by atoms with Crippen molar-refractivity contribution in [3.8, 4) is 11.5 Å². The van der Waals surface area contributed by atoms with E-state index in [2.05, 4.69) is 15.5 Å². The van der Waals surface area contributed by atoms with Crippen LogP contribution in [0.1, 0.15) is 31.1 Å². The van der Waals surface area contributed by atoms with Gasteiger partial charge in [0.1, 0.15) is 13.2 Å². The molecule has 0 bridgehead atoms. The van der Waals surface area contributed by atoms with Crippen LogP contribution in [0.3, 0.4) is 0 Å². The molecule has 0 unspecified atom stereocenters. The van der Waals surface area contributed by atoms with E-state index in [0.717, 1.165) is 0 Å². The Balaban J connectivity index is 1.70. The molecule has 0 spiro atoms. The number of ketones is 1. The van der Waals surface area contributed by atoms with Crippen molar-refractivity contribution in [1.29, 1.82) is 0 Å². The van der Waals surface area contributed by atoms with Gasteiger partial charge in [-0.15, -0.1) is 5.10 Å². The molecule has 1 aromatic heterocycles. The SMILES string of the molecule is CC(C)(C)n1nnnc1SCC(=O)c1ccc2c(c1)OCCO2. The molecule has 1 aliphatic rings. The predicted octanol–water partition coefficient (Wildman–Crippen LogP) is 2.17. The number of rotatable bonds is 4. The maximum Gasteiger partial charge on any atom is 0.210 e. The molecule has 0 saturated heterocycles. The van der Waals surface area contributed by atoms with E-state index in [4.69, 9.17) is 9.47 Å². The quantitative estimate of drug-likeness (QED) is 0.626. The second kappa shape index (κ2) is 6.19. The molecule has 8 heteroatoms.